The first-order chi connectivity index (χ1) is 9.88. The smallest absolute Gasteiger partial charge is 0.223 e. The Balaban J connectivity index is 0.00000242. The topological polar surface area (TPSA) is 75.3 Å². The molecule has 1 saturated heterocycles. The predicted octanol–water partition coefficient (Wildman–Crippen LogP) is 0.993. The quantitative estimate of drug-likeness (QED) is 0.750. The van der Waals surface area contributed by atoms with Crippen LogP contribution in [-0.4, -0.2) is 39.7 Å². The third-order valence-corrected chi connectivity index (χ3v) is 5.45. The molecule has 1 aromatic rings. The maximum Gasteiger partial charge on any atom is 0.223 e. The molecule has 1 amide bonds. The van der Waals surface area contributed by atoms with Gasteiger partial charge in [0.15, 0.2) is 9.84 Å². The molecule has 1 aliphatic rings. The normalized spacial score (nSPS) is 16.3. The van der Waals surface area contributed by atoms with Crippen molar-refractivity contribution in [1.29, 1.82) is 0 Å². The van der Waals surface area contributed by atoms with E-state index in [4.69, 9.17) is 0 Å². The van der Waals surface area contributed by atoms with Crippen molar-refractivity contribution in [3.8, 4) is 0 Å². The molecular formula is C14H20ClFN2O3S. The summed E-state index contributed by atoms with van der Waals surface area (Å²) in [4.78, 5) is 11.9. The minimum atomic E-state index is -3.59. The Kier molecular flexibility index (Phi) is 6.77. The Morgan fingerprint density at radius 1 is 1.36 bits per heavy atom. The van der Waals surface area contributed by atoms with Crippen LogP contribution >= 0.6 is 12.4 Å². The zero-order valence-corrected chi connectivity index (χ0v) is 13.8. The number of benzene rings is 1. The van der Waals surface area contributed by atoms with Gasteiger partial charge in [-0.3, -0.25) is 4.79 Å². The first kappa shape index (κ1) is 18.9. The molecule has 1 atom stereocenters. The van der Waals surface area contributed by atoms with Crippen LogP contribution < -0.4 is 10.6 Å². The van der Waals surface area contributed by atoms with Gasteiger partial charge in [-0.1, -0.05) is 6.92 Å². The third kappa shape index (κ3) is 4.93. The van der Waals surface area contributed by atoms with Crippen molar-refractivity contribution >= 4 is 28.2 Å². The summed E-state index contributed by atoms with van der Waals surface area (Å²) in [6.45, 7) is 3.90. The number of nitrogens with one attached hydrogen (secondary N) is 2. The van der Waals surface area contributed by atoms with Gasteiger partial charge >= 0.3 is 0 Å². The number of hydrogen-bond acceptors (Lipinski definition) is 4. The van der Waals surface area contributed by atoms with E-state index >= 15 is 0 Å². The van der Waals surface area contributed by atoms with Crippen LogP contribution in [-0.2, 0) is 14.6 Å². The van der Waals surface area contributed by atoms with Crippen molar-refractivity contribution in [2.45, 2.75) is 11.8 Å². The Hall–Kier alpha value is -1.18. The number of rotatable bonds is 6. The fourth-order valence-corrected chi connectivity index (χ4v) is 3.61. The molecule has 1 fully saturated rings. The van der Waals surface area contributed by atoms with Gasteiger partial charge in [0.05, 0.1) is 10.6 Å². The number of amides is 1. The maximum atomic E-state index is 12.8. The summed E-state index contributed by atoms with van der Waals surface area (Å²) in [5, 5.41) is 5.86. The molecule has 124 valence electrons. The minimum Gasteiger partial charge on any atom is -0.355 e. The maximum absolute atomic E-state index is 12.8. The Bertz CT molecular complexity index is 603. The van der Waals surface area contributed by atoms with Crippen LogP contribution in [0.25, 0.3) is 0 Å². The van der Waals surface area contributed by atoms with Crippen molar-refractivity contribution in [2.24, 2.45) is 11.8 Å². The van der Waals surface area contributed by atoms with Gasteiger partial charge in [-0.25, -0.2) is 12.8 Å². The molecule has 1 aliphatic heterocycles. The molecule has 5 nitrogen and oxygen atoms in total. The summed E-state index contributed by atoms with van der Waals surface area (Å²) >= 11 is 0. The number of sulfone groups is 1. The minimum absolute atomic E-state index is 0. The summed E-state index contributed by atoms with van der Waals surface area (Å²) in [6.07, 6.45) is 0. The third-order valence-electron chi connectivity index (χ3n) is 3.52. The SMILES string of the molecule is CC(CS(=O)(=O)c1ccc(F)cc1)C(=O)NCC1CNC1.Cl. The highest BCUT2D eigenvalue weighted by Gasteiger charge is 2.24. The average Bonchev–Trinajstić information content (AvgIpc) is 2.36. The van der Waals surface area contributed by atoms with Gasteiger partial charge in [-0.2, -0.15) is 0 Å². The van der Waals surface area contributed by atoms with E-state index in [0.29, 0.717) is 12.5 Å². The molecule has 0 bridgehead atoms. The molecule has 2 rings (SSSR count). The molecule has 0 aromatic heterocycles. The van der Waals surface area contributed by atoms with Crippen molar-refractivity contribution in [1.82, 2.24) is 10.6 Å². The van der Waals surface area contributed by atoms with Crippen LogP contribution in [0.5, 0.6) is 0 Å². The highest BCUT2D eigenvalue weighted by molar-refractivity contribution is 7.91. The van der Waals surface area contributed by atoms with Crippen LogP contribution in [0.4, 0.5) is 4.39 Å². The zero-order valence-electron chi connectivity index (χ0n) is 12.2. The molecule has 22 heavy (non-hydrogen) atoms. The monoisotopic (exact) mass is 350 g/mol. The lowest BCUT2D eigenvalue weighted by molar-refractivity contribution is -0.124. The lowest BCUT2D eigenvalue weighted by Crippen LogP contribution is -2.49. The second-order valence-corrected chi connectivity index (χ2v) is 7.44. The number of halogens is 2. The lowest BCUT2D eigenvalue weighted by Gasteiger charge is -2.27. The first-order valence-electron chi connectivity index (χ1n) is 6.85. The van der Waals surface area contributed by atoms with Crippen LogP contribution in [0.15, 0.2) is 29.2 Å². The Morgan fingerprint density at radius 3 is 2.45 bits per heavy atom. The van der Waals surface area contributed by atoms with E-state index in [1.807, 2.05) is 0 Å². The van der Waals surface area contributed by atoms with Gasteiger partial charge in [0.25, 0.3) is 0 Å². The zero-order chi connectivity index (χ0) is 15.5. The first-order valence-corrected chi connectivity index (χ1v) is 8.50. The number of hydrogen-bond donors (Lipinski definition) is 2. The lowest BCUT2D eigenvalue weighted by atomic mass is 10.0. The second-order valence-electron chi connectivity index (χ2n) is 5.41. The van der Waals surface area contributed by atoms with Crippen LogP contribution in [0.1, 0.15) is 6.92 Å². The van der Waals surface area contributed by atoms with Crippen molar-refractivity contribution in [3.63, 3.8) is 0 Å². The standard InChI is InChI=1S/C14H19FN2O3S.ClH/c1-10(14(18)17-8-11-6-16-7-11)9-21(19,20)13-4-2-12(15)3-5-13;/h2-5,10-11,16H,6-9H2,1H3,(H,17,18);1H. The summed E-state index contributed by atoms with van der Waals surface area (Å²) < 4.78 is 37.1. The highest BCUT2D eigenvalue weighted by Crippen LogP contribution is 2.15. The van der Waals surface area contributed by atoms with Gasteiger partial charge in [-0.15, -0.1) is 12.4 Å². The molecule has 0 aliphatic carbocycles. The van der Waals surface area contributed by atoms with E-state index < -0.39 is 21.6 Å². The summed E-state index contributed by atoms with van der Waals surface area (Å²) in [5.41, 5.74) is 0. The van der Waals surface area contributed by atoms with Gasteiger partial charge in [0.2, 0.25) is 5.91 Å². The molecule has 2 N–H and O–H groups in total. The predicted molar refractivity (Wildman–Crippen MR) is 84.2 cm³/mol. The molecule has 0 spiro atoms. The molecule has 0 radical (unpaired) electrons. The van der Waals surface area contributed by atoms with E-state index in [2.05, 4.69) is 10.6 Å². The van der Waals surface area contributed by atoms with Crippen molar-refractivity contribution < 1.29 is 17.6 Å². The summed E-state index contributed by atoms with van der Waals surface area (Å²) in [5.74, 6) is -1.27. The fraction of sp³-hybridized carbons (Fsp3) is 0.500. The fourth-order valence-electron chi connectivity index (χ4n) is 2.05. The average molecular weight is 351 g/mol. The van der Waals surface area contributed by atoms with Crippen LogP contribution in [0, 0.1) is 17.7 Å². The molecular weight excluding hydrogens is 331 g/mol. The van der Waals surface area contributed by atoms with E-state index in [-0.39, 0.29) is 29.0 Å². The van der Waals surface area contributed by atoms with Gasteiger partial charge in [0.1, 0.15) is 5.82 Å². The van der Waals surface area contributed by atoms with E-state index in [1.54, 1.807) is 6.92 Å². The molecule has 1 heterocycles. The molecule has 1 unspecified atom stereocenters. The van der Waals surface area contributed by atoms with E-state index in [0.717, 1.165) is 25.2 Å². The largest absolute Gasteiger partial charge is 0.355 e. The number of carbonyl (C=O) groups excluding carboxylic acids is 1. The highest BCUT2D eigenvalue weighted by atomic mass is 35.5. The summed E-state index contributed by atoms with van der Waals surface area (Å²) in [7, 11) is -3.59. The number of carbonyl (C=O) groups is 1. The molecule has 0 saturated carbocycles. The van der Waals surface area contributed by atoms with Gasteiger partial charge in [0, 0.05) is 31.5 Å². The van der Waals surface area contributed by atoms with Crippen LogP contribution in [0.2, 0.25) is 0 Å². The second kappa shape index (κ2) is 7.89. The molecule has 1 aromatic carbocycles. The van der Waals surface area contributed by atoms with E-state index in [9.17, 15) is 17.6 Å². The van der Waals surface area contributed by atoms with Crippen LogP contribution in [0.3, 0.4) is 0 Å². The van der Waals surface area contributed by atoms with E-state index in [1.165, 1.54) is 12.1 Å². The van der Waals surface area contributed by atoms with Crippen molar-refractivity contribution in [3.05, 3.63) is 30.1 Å². The van der Waals surface area contributed by atoms with Gasteiger partial charge < -0.3 is 10.6 Å². The molecule has 8 heteroatoms. The Morgan fingerprint density at radius 2 is 1.95 bits per heavy atom. The Labute approximate surface area is 136 Å². The van der Waals surface area contributed by atoms with Crippen molar-refractivity contribution in [2.75, 3.05) is 25.4 Å². The van der Waals surface area contributed by atoms with Gasteiger partial charge in [-0.05, 0) is 24.3 Å². The summed E-state index contributed by atoms with van der Waals surface area (Å²) in [6, 6.07) is 4.63.